The summed E-state index contributed by atoms with van der Waals surface area (Å²) < 4.78 is 54.0. The minimum Gasteiger partial charge on any atom is -0.455 e. The fraction of sp³-hybridized carbons (Fsp3) is 0.800. The SMILES string of the molecule is CC(=O)OC(OC(=O)C(F)(F)F)(C(=O)OC1CCNCC1)N1CCN(C2CCNCC2)CC1=O. The van der Waals surface area contributed by atoms with Gasteiger partial charge < -0.3 is 24.8 Å². The summed E-state index contributed by atoms with van der Waals surface area (Å²) in [7, 11) is 0. The van der Waals surface area contributed by atoms with Gasteiger partial charge in [-0.25, -0.2) is 9.59 Å². The molecule has 0 spiro atoms. The highest BCUT2D eigenvalue weighted by Gasteiger charge is 2.61. The van der Waals surface area contributed by atoms with Gasteiger partial charge in [-0.3, -0.25) is 19.4 Å². The summed E-state index contributed by atoms with van der Waals surface area (Å²) in [5, 5.41) is 6.23. The van der Waals surface area contributed by atoms with Crippen LogP contribution in [0.25, 0.3) is 0 Å². The molecular weight excluding hydrogens is 465 g/mol. The summed E-state index contributed by atoms with van der Waals surface area (Å²) >= 11 is 0. The number of nitrogens with zero attached hydrogens (tertiary/aromatic N) is 2. The van der Waals surface area contributed by atoms with Gasteiger partial charge >= 0.3 is 30.0 Å². The molecule has 1 unspecified atom stereocenters. The highest BCUT2D eigenvalue weighted by atomic mass is 19.4. The molecule has 3 aliphatic rings. The lowest BCUT2D eigenvalue weighted by Gasteiger charge is -2.45. The monoisotopic (exact) mass is 494 g/mol. The van der Waals surface area contributed by atoms with Gasteiger partial charge in [-0.15, -0.1) is 0 Å². The summed E-state index contributed by atoms with van der Waals surface area (Å²) in [5.41, 5.74) is 0. The van der Waals surface area contributed by atoms with E-state index in [1.165, 1.54) is 0 Å². The molecule has 0 bridgehead atoms. The van der Waals surface area contributed by atoms with Crippen LogP contribution in [0.3, 0.4) is 0 Å². The fourth-order valence-corrected chi connectivity index (χ4v) is 4.33. The number of piperazine rings is 1. The lowest BCUT2D eigenvalue weighted by atomic mass is 10.0. The predicted molar refractivity (Wildman–Crippen MR) is 108 cm³/mol. The van der Waals surface area contributed by atoms with E-state index in [-0.39, 0.29) is 25.7 Å². The second kappa shape index (κ2) is 10.9. The van der Waals surface area contributed by atoms with Crippen LogP contribution in [0.4, 0.5) is 13.2 Å². The van der Waals surface area contributed by atoms with E-state index in [0.29, 0.717) is 30.8 Å². The van der Waals surface area contributed by atoms with Crippen molar-refractivity contribution >= 4 is 23.8 Å². The van der Waals surface area contributed by atoms with Crippen molar-refractivity contribution in [3.8, 4) is 0 Å². The molecule has 3 rings (SSSR count). The van der Waals surface area contributed by atoms with E-state index >= 15 is 0 Å². The lowest BCUT2D eigenvalue weighted by molar-refractivity contribution is -0.299. The van der Waals surface area contributed by atoms with Gasteiger partial charge in [0.05, 0.1) is 6.54 Å². The number of amides is 1. The molecule has 1 atom stereocenters. The van der Waals surface area contributed by atoms with E-state index in [1.807, 2.05) is 4.90 Å². The maximum atomic E-state index is 13.2. The van der Waals surface area contributed by atoms with Gasteiger partial charge in [0.1, 0.15) is 6.10 Å². The zero-order valence-electron chi connectivity index (χ0n) is 18.8. The third-order valence-corrected chi connectivity index (χ3v) is 5.99. The van der Waals surface area contributed by atoms with Gasteiger partial charge in [-0.05, 0) is 51.9 Å². The van der Waals surface area contributed by atoms with Crippen LogP contribution in [0.15, 0.2) is 0 Å². The van der Waals surface area contributed by atoms with Crippen molar-refractivity contribution in [2.24, 2.45) is 0 Å². The van der Waals surface area contributed by atoms with Crippen LogP contribution in [0.5, 0.6) is 0 Å². The largest absolute Gasteiger partial charge is 0.491 e. The Balaban J connectivity index is 1.89. The van der Waals surface area contributed by atoms with Crippen molar-refractivity contribution in [2.75, 3.05) is 45.8 Å². The van der Waals surface area contributed by atoms with Gasteiger partial charge in [-0.1, -0.05) is 0 Å². The number of carbonyl (C=O) groups is 4. The third-order valence-electron chi connectivity index (χ3n) is 5.99. The molecule has 192 valence electrons. The molecule has 2 N–H and O–H groups in total. The maximum Gasteiger partial charge on any atom is 0.491 e. The molecule has 0 aromatic rings. The Morgan fingerprint density at radius 1 is 0.912 bits per heavy atom. The van der Waals surface area contributed by atoms with E-state index in [1.54, 1.807) is 0 Å². The van der Waals surface area contributed by atoms with Crippen LogP contribution in [0.2, 0.25) is 0 Å². The number of hydrogen-bond donors (Lipinski definition) is 2. The molecule has 0 aromatic carbocycles. The quantitative estimate of drug-likeness (QED) is 0.369. The molecule has 3 fully saturated rings. The van der Waals surface area contributed by atoms with Crippen molar-refractivity contribution in [1.29, 1.82) is 0 Å². The molecule has 3 aliphatic heterocycles. The number of nitrogens with one attached hydrogen (secondary N) is 2. The van der Waals surface area contributed by atoms with Crippen molar-refractivity contribution in [2.45, 2.75) is 56.8 Å². The Bertz CT molecular complexity index is 785. The average molecular weight is 494 g/mol. The van der Waals surface area contributed by atoms with Crippen LogP contribution in [0, 0.1) is 0 Å². The standard InChI is InChI=1S/C20H29F3N4O7/c1-13(28)33-20(34-17(30)19(21,22)23,18(31)32-15-4-8-25-9-5-15)27-11-10-26(12-16(27)29)14-2-6-24-7-3-14/h14-15,24-25H,2-12H2,1H3. The molecule has 0 saturated carbocycles. The number of esters is 3. The number of alkyl halides is 3. The second-order valence-corrected chi connectivity index (χ2v) is 8.41. The Hall–Kier alpha value is -2.45. The number of halogens is 3. The first-order valence-electron chi connectivity index (χ1n) is 11.2. The van der Waals surface area contributed by atoms with Gasteiger partial charge in [0.25, 0.3) is 0 Å². The van der Waals surface area contributed by atoms with E-state index in [0.717, 1.165) is 32.9 Å². The van der Waals surface area contributed by atoms with Gasteiger partial charge in [-0.2, -0.15) is 13.2 Å². The van der Waals surface area contributed by atoms with Crippen molar-refractivity contribution in [3.63, 3.8) is 0 Å². The number of ether oxygens (including phenoxy) is 3. The van der Waals surface area contributed by atoms with Gasteiger partial charge in [0, 0.05) is 26.1 Å². The van der Waals surface area contributed by atoms with Gasteiger partial charge in [0.15, 0.2) is 0 Å². The summed E-state index contributed by atoms with van der Waals surface area (Å²) in [4.78, 5) is 52.4. The maximum absolute atomic E-state index is 13.2. The molecule has 34 heavy (non-hydrogen) atoms. The predicted octanol–water partition coefficient (Wildman–Crippen LogP) is -0.500. The molecule has 11 nitrogen and oxygen atoms in total. The van der Waals surface area contributed by atoms with E-state index in [2.05, 4.69) is 15.4 Å². The molecule has 0 aromatic heterocycles. The fourth-order valence-electron chi connectivity index (χ4n) is 4.33. The normalized spacial score (nSPS) is 23.2. The van der Waals surface area contributed by atoms with Crippen LogP contribution >= 0.6 is 0 Å². The van der Waals surface area contributed by atoms with E-state index in [9.17, 15) is 32.3 Å². The Morgan fingerprint density at radius 2 is 1.50 bits per heavy atom. The van der Waals surface area contributed by atoms with Crippen molar-refractivity contribution < 1.29 is 46.6 Å². The highest BCUT2D eigenvalue weighted by molar-refractivity contribution is 5.91. The summed E-state index contributed by atoms with van der Waals surface area (Å²) in [5.74, 6) is -9.73. The molecule has 3 heterocycles. The third kappa shape index (κ3) is 6.16. The lowest BCUT2D eigenvalue weighted by Crippen LogP contribution is -2.68. The Kier molecular flexibility index (Phi) is 8.36. The minimum absolute atomic E-state index is 0.0647. The number of carbonyl (C=O) groups excluding carboxylic acids is 4. The first kappa shape index (κ1) is 26.2. The summed E-state index contributed by atoms with van der Waals surface area (Å²) in [6.07, 6.45) is -4.02. The minimum atomic E-state index is -5.51. The molecular formula is C20H29F3N4O7. The average Bonchev–Trinajstić information content (AvgIpc) is 2.78. The first-order chi connectivity index (χ1) is 16.0. The van der Waals surface area contributed by atoms with Crippen LogP contribution in [-0.2, 0) is 33.4 Å². The number of piperidine rings is 2. The molecule has 14 heteroatoms. The molecule has 0 aliphatic carbocycles. The number of hydrogen-bond acceptors (Lipinski definition) is 10. The van der Waals surface area contributed by atoms with Crippen LogP contribution < -0.4 is 10.6 Å². The smallest absolute Gasteiger partial charge is 0.455 e. The van der Waals surface area contributed by atoms with Crippen LogP contribution in [0.1, 0.15) is 32.6 Å². The van der Waals surface area contributed by atoms with E-state index in [4.69, 9.17) is 9.47 Å². The van der Waals surface area contributed by atoms with Crippen LogP contribution in [-0.4, -0.2) is 104 Å². The summed E-state index contributed by atoms with van der Waals surface area (Å²) in [6.45, 7) is 2.89. The Labute approximate surface area is 194 Å². The topological polar surface area (TPSA) is 127 Å². The summed E-state index contributed by atoms with van der Waals surface area (Å²) in [6, 6.07) is 0.0647. The number of rotatable bonds is 6. The van der Waals surface area contributed by atoms with Gasteiger partial charge in [0.2, 0.25) is 5.91 Å². The van der Waals surface area contributed by atoms with Crippen molar-refractivity contribution in [1.82, 2.24) is 20.4 Å². The highest BCUT2D eigenvalue weighted by Crippen LogP contribution is 2.30. The molecule has 0 radical (unpaired) electrons. The van der Waals surface area contributed by atoms with Crippen molar-refractivity contribution in [3.05, 3.63) is 0 Å². The van der Waals surface area contributed by atoms with E-state index < -0.39 is 42.0 Å². The molecule has 3 saturated heterocycles. The zero-order chi connectivity index (χ0) is 24.9. The second-order valence-electron chi connectivity index (χ2n) is 8.41. The Morgan fingerprint density at radius 3 is 2.03 bits per heavy atom. The molecule has 1 amide bonds. The zero-order valence-corrected chi connectivity index (χ0v) is 18.8. The first-order valence-corrected chi connectivity index (χ1v) is 11.2.